The average Bonchev–Trinajstić information content (AvgIpc) is 2.64. The van der Waals surface area contributed by atoms with Crippen molar-refractivity contribution in [1.82, 2.24) is 0 Å². The van der Waals surface area contributed by atoms with E-state index in [0.29, 0.717) is 0 Å². The molecular weight excluding hydrogens is 410 g/mol. The largest absolute Gasteiger partial charge is 0.508 e. The number of nitrogen functional groups attached to an aromatic ring is 1. The van der Waals surface area contributed by atoms with Gasteiger partial charge in [0.15, 0.2) is 5.75 Å². The van der Waals surface area contributed by atoms with Crippen LogP contribution < -0.4 is 21.7 Å². The first kappa shape index (κ1) is 19.7. The Hall–Kier alpha value is -4.60. The van der Waals surface area contributed by atoms with Gasteiger partial charge in [0.05, 0.1) is 5.56 Å². The number of benzene rings is 2. The third-order valence-corrected chi connectivity index (χ3v) is 4.63. The lowest BCUT2D eigenvalue weighted by molar-refractivity contribution is 0.432. The third kappa shape index (κ3) is 3.06. The second-order valence-corrected chi connectivity index (χ2v) is 6.73. The van der Waals surface area contributed by atoms with Gasteiger partial charge in [-0.1, -0.05) is 6.58 Å². The van der Waals surface area contributed by atoms with Gasteiger partial charge in [0.25, 0.3) is 0 Å². The Morgan fingerprint density at radius 2 is 1.55 bits per heavy atom. The molecule has 0 aliphatic heterocycles. The quantitative estimate of drug-likeness (QED) is 0.186. The number of ether oxygens (including phenoxy) is 1. The Balaban J connectivity index is 1.93. The highest BCUT2D eigenvalue weighted by atomic mass is 16.5. The van der Waals surface area contributed by atoms with Gasteiger partial charge in [0, 0.05) is 30.0 Å². The zero-order valence-electron chi connectivity index (χ0n) is 15.9. The summed E-state index contributed by atoms with van der Waals surface area (Å²) in [6.07, 6.45) is 0. The Morgan fingerprint density at radius 3 is 2.26 bits per heavy atom. The number of phenolic OH excluding ortho intramolecular Hbond substituents is 3. The van der Waals surface area contributed by atoms with Gasteiger partial charge in [0.2, 0.25) is 0 Å². The Morgan fingerprint density at radius 1 is 0.935 bits per heavy atom. The first-order valence-electron chi connectivity index (χ1n) is 8.73. The van der Waals surface area contributed by atoms with Crippen LogP contribution in [0.2, 0.25) is 0 Å². The van der Waals surface area contributed by atoms with E-state index in [1.54, 1.807) is 0 Å². The molecule has 0 bridgehead atoms. The molecular formula is C21H15NO9. The predicted octanol–water partition coefficient (Wildman–Crippen LogP) is 2.66. The van der Waals surface area contributed by atoms with Gasteiger partial charge in [-0.3, -0.25) is 0 Å². The van der Waals surface area contributed by atoms with Gasteiger partial charge in [-0.15, -0.1) is 0 Å². The minimum absolute atomic E-state index is 0.00936. The molecule has 2 heterocycles. The molecule has 0 fully saturated rings. The topological polar surface area (TPSA) is 177 Å². The second-order valence-electron chi connectivity index (χ2n) is 6.73. The maximum absolute atomic E-state index is 12.5. The fraction of sp³-hybridized carbons (Fsp3) is 0.0476. The van der Waals surface area contributed by atoms with E-state index in [2.05, 4.69) is 6.58 Å². The van der Waals surface area contributed by atoms with Crippen molar-refractivity contribution in [2.24, 2.45) is 0 Å². The summed E-state index contributed by atoms with van der Waals surface area (Å²) in [5, 5.41) is 40.2. The van der Waals surface area contributed by atoms with Crippen molar-refractivity contribution in [2.45, 2.75) is 6.92 Å². The van der Waals surface area contributed by atoms with Gasteiger partial charge in [-0.2, -0.15) is 0 Å². The van der Waals surface area contributed by atoms with Crippen molar-refractivity contribution in [2.75, 3.05) is 5.73 Å². The normalized spacial score (nSPS) is 11.1. The molecule has 0 radical (unpaired) electrons. The van der Waals surface area contributed by atoms with Crippen molar-refractivity contribution in [3.05, 3.63) is 62.8 Å². The lowest BCUT2D eigenvalue weighted by Crippen LogP contribution is -2.12. The van der Waals surface area contributed by atoms with Gasteiger partial charge in [-0.05, 0) is 6.92 Å². The number of aromatic hydroxyl groups is 4. The summed E-state index contributed by atoms with van der Waals surface area (Å²) in [5.74, 6) is -2.63. The lowest BCUT2D eigenvalue weighted by atomic mass is 10.1. The minimum Gasteiger partial charge on any atom is -0.508 e. The maximum Gasteiger partial charge on any atom is 0.351 e. The summed E-state index contributed by atoms with van der Waals surface area (Å²) in [6, 6.07) is 4.49. The summed E-state index contributed by atoms with van der Waals surface area (Å²) in [5.41, 5.74) is 2.99. The highest BCUT2D eigenvalue weighted by Crippen LogP contribution is 2.41. The highest BCUT2D eigenvalue weighted by Gasteiger charge is 2.24. The summed E-state index contributed by atoms with van der Waals surface area (Å²) >= 11 is 0. The molecule has 0 saturated carbocycles. The first-order chi connectivity index (χ1) is 14.6. The Labute approximate surface area is 172 Å². The van der Waals surface area contributed by atoms with E-state index in [4.69, 9.17) is 19.3 Å². The number of anilines is 1. The SMILES string of the molecule is C=C(Oc1c(C)c(=O)oc2cc(N)cc(O)c12)c1c(O)c2c(O)cc(O)cc2oc1=O. The van der Waals surface area contributed by atoms with Crippen LogP contribution in [0, 0.1) is 6.92 Å². The minimum atomic E-state index is -1.08. The van der Waals surface area contributed by atoms with Crippen molar-refractivity contribution in [3.8, 4) is 28.7 Å². The monoisotopic (exact) mass is 425 g/mol. The molecule has 31 heavy (non-hydrogen) atoms. The number of nitrogens with two attached hydrogens (primary N) is 1. The fourth-order valence-corrected chi connectivity index (χ4v) is 3.21. The number of hydrogen-bond acceptors (Lipinski definition) is 10. The summed E-state index contributed by atoms with van der Waals surface area (Å²) < 4.78 is 15.8. The van der Waals surface area contributed by atoms with Crippen molar-refractivity contribution < 1.29 is 34.0 Å². The molecule has 0 aliphatic rings. The summed E-state index contributed by atoms with van der Waals surface area (Å²) in [7, 11) is 0. The van der Waals surface area contributed by atoms with Gasteiger partial charge in [0.1, 0.15) is 56.3 Å². The van der Waals surface area contributed by atoms with E-state index in [9.17, 15) is 30.0 Å². The summed E-state index contributed by atoms with van der Waals surface area (Å²) in [4.78, 5) is 24.7. The standard InChI is InChI=1S/C21H15NO9/c1-7-19(17-11(24)3-9(22)4-13(17)30-20(7)27)29-8(2)15-18(26)16-12(25)5-10(23)6-14(16)31-21(15)28/h3-6,23-26H,2,22H2,1H3. The van der Waals surface area contributed by atoms with Crippen LogP contribution in [0.25, 0.3) is 27.7 Å². The second kappa shape index (κ2) is 6.73. The molecule has 4 rings (SSSR count). The number of phenols is 3. The predicted molar refractivity (Wildman–Crippen MR) is 110 cm³/mol. The van der Waals surface area contributed by atoms with Gasteiger partial charge < -0.3 is 39.7 Å². The Kier molecular flexibility index (Phi) is 4.28. The van der Waals surface area contributed by atoms with E-state index >= 15 is 0 Å². The van der Waals surface area contributed by atoms with E-state index < -0.39 is 34.1 Å². The van der Waals surface area contributed by atoms with Crippen LogP contribution in [-0.2, 0) is 0 Å². The van der Waals surface area contributed by atoms with E-state index in [0.717, 1.165) is 12.1 Å². The lowest BCUT2D eigenvalue weighted by Gasteiger charge is -2.15. The van der Waals surface area contributed by atoms with Gasteiger partial charge in [-0.25, -0.2) is 9.59 Å². The fourth-order valence-electron chi connectivity index (χ4n) is 3.21. The van der Waals surface area contributed by atoms with Crippen LogP contribution in [0.3, 0.4) is 0 Å². The van der Waals surface area contributed by atoms with E-state index in [1.165, 1.54) is 19.1 Å². The van der Waals surface area contributed by atoms with Crippen LogP contribution in [-0.4, -0.2) is 20.4 Å². The molecule has 0 spiro atoms. The third-order valence-electron chi connectivity index (χ3n) is 4.63. The smallest absolute Gasteiger partial charge is 0.351 e. The van der Waals surface area contributed by atoms with Crippen LogP contribution in [0.4, 0.5) is 5.69 Å². The molecule has 0 amide bonds. The van der Waals surface area contributed by atoms with Crippen molar-refractivity contribution in [1.29, 1.82) is 0 Å². The average molecular weight is 425 g/mol. The van der Waals surface area contributed by atoms with Crippen LogP contribution in [0.1, 0.15) is 11.1 Å². The molecule has 10 nitrogen and oxygen atoms in total. The van der Waals surface area contributed by atoms with Crippen molar-refractivity contribution in [3.63, 3.8) is 0 Å². The molecule has 10 heteroatoms. The first-order valence-corrected chi connectivity index (χ1v) is 8.73. The van der Waals surface area contributed by atoms with E-state index in [1.807, 2.05) is 0 Å². The molecule has 0 saturated heterocycles. The molecule has 158 valence electrons. The molecule has 0 atom stereocenters. The summed E-state index contributed by atoms with van der Waals surface area (Å²) in [6.45, 7) is 4.97. The van der Waals surface area contributed by atoms with Crippen LogP contribution in [0.15, 0.2) is 49.3 Å². The molecule has 4 aromatic rings. The zero-order valence-corrected chi connectivity index (χ0v) is 15.9. The van der Waals surface area contributed by atoms with E-state index in [-0.39, 0.29) is 50.4 Å². The molecule has 2 aromatic carbocycles. The number of rotatable bonds is 3. The van der Waals surface area contributed by atoms with Crippen LogP contribution >= 0.6 is 0 Å². The molecule has 2 aromatic heterocycles. The molecule has 0 aliphatic carbocycles. The maximum atomic E-state index is 12.5. The Bertz CT molecular complexity index is 1530. The molecule has 6 N–H and O–H groups in total. The number of hydrogen-bond donors (Lipinski definition) is 5. The van der Waals surface area contributed by atoms with Crippen LogP contribution in [0.5, 0.6) is 28.7 Å². The van der Waals surface area contributed by atoms with Crippen molar-refractivity contribution >= 4 is 33.4 Å². The molecule has 0 unspecified atom stereocenters. The van der Waals surface area contributed by atoms with Gasteiger partial charge >= 0.3 is 11.3 Å². The highest BCUT2D eigenvalue weighted by molar-refractivity contribution is 5.95. The zero-order chi connectivity index (χ0) is 22.6. The number of fused-ring (bicyclic) bond motifs is 2.